The second kappa shape index (κ2) is 9.83. The molecule has 1 aliphatic carbocycles. The molecule has 0 bridgehead atoms. The van der Waals surface area contributed by atoms with Crippen LogP contribution in [0.3, 0.4) is 0 Å². The first kappa shape index (κ1) is 26.1. The lowest BCUT2D eigenvalue weighted by Gasteiger charge is -2.37. The summed E-state index contributed by atoms with van der Waals surface area (Å²) in [6.07, 6.45) is -1.58. The number of piperidine rings is 1. The molecule has 12 heteroatoms. The molecular weight excluding hydrogens is 527 g/mol. The fourth-order valence-electron chi connectivity index (χ4n) is 5.72. The maximum absolute atomic E-state index is 13.3. The van der Waals surface area contributed by atoms with Crippen molar-refractivity contribution < 1.29 is 22.8 Å². The highest BCUT2D eigenvalue weighted by Gasteiger charge is 2.36. The van der Waals surface area contributed by atoms with Crippen molar-refractivity contribution in [2.75, 3.05) is 18.4 Å². The van der Waals surface area contributed by atoms with E-state index in [2.05, 4.69) is 5.32 Å². The first-order chi connectivity index (χ1) is 19.1. The van der Waals surface area contributed by atoms with Crippen molar-refractivity contribution in [2.24, 2.45) is 5.92 Å². The Morgan fingerprint density at radius 2 is 1.77 bits per heavy atom. The molecule has 0 spiro atoms. The summed E-state index contributed by atoms with van der Waals surface area (Å²) in [6.45, 7) is -0.154. The lowest BCUT2D eigenvalue weighted by Crippen LogP contribution is -2.51. The zero-order valence-electron chi connectivity index (χ0n) is 21.6. The second-order valence-corrected chi connectivity index (χ2v) is 10.8. The molecule has 1 saturated heterocycles. The molecule has 1 aromatic heterocycles. The van der Waals surface area contributed by atoms with Crippen molar-refractivity contribution in [3.8, 4) is 0 Å². The third kappa shape index (κ3) is 4.98. The van der Waals surface area contributed by atoms with Crippen molar-refractivity contribution in [1.29, 1.82) is 0 Å². The van der Waals surface area contributed by atoms with E-state index < -0.39 is 30.0 Å². The third-order valence-corrected chi connectivity index (χ3v) is 7.92. The average molecular weight is 556 g/mol. The van der Waals surface area contributed by atoms with Gasteiger partial charge in [0.15, 0.2) is 0 Å². The number of carbonyl (C=O) groups is 2. The molecule has 2 aliphatic heterocycles. The van der Waals surface area contributed by atoms with Gasteiger partial charge in [0.2, 0.25) is 0 Å². The van der Waals surface area contributed by atoms with Gasteiger partial charge < -0.3 is 15.1 Å². The van der Waals surface area contributed by atoms with Crippen molar-refractivity contribution in [3.63, 3.8) is 0 Å². The Labute approximate surface area is 226 Å². The van der Waals surface area contributed by atoms with Crippen LogP contribution in [0.15, 0.2) is 52.1 Å². The van der Waals surface area contributed by atoms with Gasteiger partial charge in [0.05, 0.1) is 16.9 Å². The number of benzene rings is 2. The molecular formula is C28H28F3N5O4. The largest absolute Gasteiger partial charge is 0.406 e. The lowest BCUT2D eigenvalue weighted by atomic mass is 10.0. The van der Waals surface area contributed by atoms with Crippen LogP contribution in [0.2, 0.25) is 0 Å². The molecule has 2 fully saturated rings. The van der Waals surface area contributed by atoms with Gasteiger partial charge in [0.1, 0.15) is 6.54 Å². The number of carbonyl (C=O) groups excluding carboxylic acids is 2. The van der Waals surface area contributed by atoms with Gasteiger partial charge in [-0.1, -0.05) is 18.2 Å². The summed E-state index contributed by atoms with van der Waals surface area (Å²) >= 11 is 0. The number of halogens is 3. The van der Waals surface area contributed by atoms with E-state index in [0.29, 0.717) is 36.2 Å². The molecule has 1 N–H and O–H groups in total. The van der Waals surface area contributed by atoms with Crippen molar-refractivity contribution >= 4 is 28.5 Å². The zero-order chi connectivity index (χ0) is 28.2. The number of nitrogens with one attached hydrogen (secondary N) is 1. The molecule has 3 heterocycles. The fraction of sp³-hybridized carbons (Fsp3) is 0.429. The predicted molar refractivity (Wildman–Crippen MR) is 141 cm³/mol. The van der Waals surface area contributed by atoms with E-state index in [1.165, 1.54) is 18.2 Å². The van der Waals surface area contributed by atoms with Crippen LogP contribution in [0.1, 0.15) is 41.6 Å². The Bertz CT molecular complexity index is 1620. The number of hydrogen-bond acceptors (Lipinski definition) is 4. The van der Waals surface area contributed by atoms with Crippen LogP contribution >= 0.6 is 0 Å². The van der Waals surface area contributed by atoms with Crippen LogP contribution in [0.5, 0.6) is 0 Å². The van der Waals surface area contributed by atoms with Crippen LogP contribution in [0.25, 0.3) is 10.9 Å². The fourth-order valence-corrected chi connectivity index (χ4v) is 5.72. The maximum atomic E-state index is 13.3. The van der Waals surface area contributed by atoms with Gasteiger partial charge in [-0.05, 0) is 61.4 Å². The Morgan fingerprint density at radius 1 is 1.00 bits per heavy atom. The molecule has 3 amide bonds. The molecule has 6 rings (SSSR count). The topological polar surface area (TPSA) is 96.6 Å². The highest BCUT2D eigenvalue weighted by molar-refractivity contribution is 5.98. The Morgan fingerprint density at radius 3 is 2.50 bits per heavy atom. The Balaban J connectivity index is 1.24. The summed E-state index contributed by atoms with van der Waals surface area (Å²) in [7, 11) is 0. The van der Waals surface area contributed by atoms with E-state index >= 15 is 0 Å². The molecule has 0 radical (unpaired) electrons. The summed E-state index contributed by atoms with van der Waals surface area (Å²) in [5.41, 5.74) is 0.0697. The van der Waals surface area contributed by atoms with E-state index in [0.717, 1.165) is 29.4 Å². The molecule has 3 aliphatic rings. The van der Waals surface area contributed by atoms with E-state index in [1.807, 2.05) is 18.2 Å². The highest BCUT2D eigenvalue weighted by atomic mass is 19.4. The Kier molecular flexibility index (Phi) is 6.42. The van der Waals surface area contributed by atoms with E-state index in [-0.39, 0.29) is 41.0 Å². The molecule has 210 valence electrons. The van der Waals surface area contributed by atoms with E-state index in [1.54, 1.807) is 15.9 Å². The molecule has 2 aromatic carbocycles. The number of alkyl halides is 3. The van der Waals surface area contributed by atoms with Crippen molar-refractivity contribution in [1.82, 2.24) is 18.9 Å². The Hall–Kier alpha value is -4.09. The van der Waals surface area contributed by atoms with Gasteiger partial charge in [-0.2, -0.15) is 13.2 Å². The minimum Gasteiger partial charge on any atom is -0.330 e. The number of aromatic nitrogens is 2. The number of rotatable bonds is 5. The number of fused-ring (bicyclic) bond motifs is 2. The maximum Gasteiger partial charge on any atom is 0.406 e. The van der Waals surface area contributed by atoms with Gasteiger partial charge in [-0.25, -0.2) is 9.59 Å². The molecule has 1 saturated carbocycles. The standard InChI is InChI=1S/C28H28F3N5O4/c29-28(30,31)16-36-23-10-9-19(12-22(23)25(38)35(27(36)40)13-17-7-8-17)32-26(39)33-11-3-5-20(15-33)34-14-18-4-1-2-6-21(18)24(34)37/h1-2,4,6,9-10,12,17,20H,3,5,7-8,11,13-16H2,(H,32,39)/t20-/m1/s1. The zero-order valence-corrected chi connectivity index (χ0v) is 21.6. The summed E-state index contributed by atoms with van der Waals surface area (Å²) in [4.78, 5) is 55.6. The normalized spacial score (nSPS) is 19.3. The summed E-state index contributed by atoms with van der Waals surface area (Å²) in [5.74, 6) is 0.0390. The number of nitrogens with zero attached hydrogens (tertiary/aromatic N) is 4. The van der Waals surface area contributed by atoms with E-state index in [9.17, 15) is 32.3 Å². The van der Waals surface area contributed by atoms with Crippen LogP contribution in [-0.4, -0.2) is 56.2 Å². The minimum atomic E-state index is -4.66. The molecule has 3 aromatic rings. The predicted octanol–water partition coefficient (Wildman–Crippen LogP) is 3.79. The van der Waals surface area contributed by atoms with Gasteiger partial charge in [-0.15, -0.1) is 0 Å². The molecule has 9 nitrogen and oxygen atoms in total. The van der Waals surface area contributed by atoms with Crippen LogP contribution < -0.4 is 16.6 Å². The van der Waals surface area contributed by atoms with Crippen molar-refractivity contribution in [3.05, 3.63) is 74.4 Å². The number of anilines is 1. The van der Waals surface area contributed by atoms with Crippen LogP contribution in [-0.2, 0) is 19.6 Å². The van der Waals surface area contributed by atoms with E-state index in [4.69, 9.17) is 0 Å². The van der Waals surface area contributed by atoms with Crippen LogP contribution in [0.4, 0.5) is 23.7 Å². The summed E-state index contributed by atoms with van der Waals surface area (Å²) in [5, 5.41) is 2.68. The monoisotopic (exact) mass is 555 g/mol. The lowest BCUT2D eigenvalue weighted by molar-refractivity contribution is -0.140. The summed E-state index contributed by atoms with van der Waals surface area (Å²) in [6, 6.07) is 10.8. The summed E-state index contributed by atoms with van der Waals surface area (Å²) < 4.78 is 41.4. The minimum absolute atomic E-state index is 0.0511. The number of hydrogen-bond donors (Lipinski definition) is 1. The van der Waals surface area contributed by atoms with Crippen molar-refractivity contribution in [2.45, 2.75) is 57.5 Å². The van der Waals surface area contributed by atoms with Gasteiger partial charge >= 0.3 is 17.9 Å². The third-order valence-electron chi connectivity index (χ3n) is 7.92. The first-order valence-corrected chi connectivity index (χ1v) is 13.4. The molecule has 1 atom stereocenters. The number of likely N-dealkylation sites (tertiary alicyclic amines) is 1. The van der Waals surface area contributed by atoms with Gasteiger partial charge in [-0.3, -0.25) is 18.7 Å². The average Bonchev–Trinajstić information content (AvgIpc) is 3.69. The quantitative estimate of drug-likeness (QED) is 0.518. The van der Waals surface area contributed by atoms with Crippen LogP contribution in [0, 0.1) is 5.92 Å². The first-order valence-electron chi connectivity index (χ1n) is 13.4. The molecule has 0 unspecified atom stereocenters. The van der Waals surface area contributed by atoms with Gasteiger partial charge in [0.25, 0.3) is 11.5 Å². The number of amides is 3. The molecule has 40 heavy (non-hydrogen) atoms. The smallest absolute Gasteiger partial charge is 0.330 e. The highest BCUT2D eigenvalue weighted by Crippen LogP contribution is 2.30. The number of urea groups is 1. The SMILES string of the molecule is O=C(Nc1ccc2c(c1)c(=O)n(CC1CC1)c(=O)n2CC(F)(F)F)N1CCC[C@@H](N2Cc3ccccc3C2=O)C1. The van der Waals surface area contributed by atoms with Gasteiger partial charge in [0, 0.05) is 37.4 Å². The second-order valence-electron chi connectivity index (χ2n) is 10.8.